The molecule has 0 amide bonds. The van der Waals surface area contributed by atoms with E-state index in [2.05, 4.69) is 32.6 Å². The molecule has 0 aromatic heterocycles. The van der Waals surface area contributed by atoms with E-state index in [0.717, 1.165) is 41.5 Å². The lowest BCUT2D eigenvalue weighted by atomic mass is 9.77. The van der Waals surface area contributed by atoms with Gasteiger partial charge in [-0.15, -0.1) is 0 Å². The van der Waals surface area contributed by atoms with E-state index in [4.69, 9.17) is 0 Å². The number of benzene rings is 2. The van der Waals surface area contributed by atoms with E-state index in [0.29, 0.717) is 12.8 Å². The fraction of sp³-hybridized carbons (Fsp3) is 0.385. The first-order valence-corrected chi connectivity index (χ1v) is 10.2. The SMILES string of the molecule is C=C(CC(C)(C)c1ccc(C(=O)CCC)cc1)c1ccc(C(=O)CCC)cc1. The van der Waals surface area contributed by atoms with Crippen LogP contribution in [0, 0.1) is 0 Å². The van der Waals surface area contributed by atoms with Crippen molar-refractivity contribution < 1.29 is 9.59 Å². The highest BCUT2D eigenvalue weighted by Crippen LogP contribution is 2.34. The van der Waals surface area contributed by atoms with E-state index in [1.54, 1.807) is 0 Å². The number of allylic oxidation sites excluding steroid dienone is 1. The maximum Gasteiger partial charge on any atom is 0.162 e. The summed E-state index contributed by atoms with van der Waals surface area (Å²) in [6.45, 7) is 12.7. The molecule has 28 heavy (non-hydrogen) atoms. The summed E-state index contributed by atoms with van der Waals surface area (Å²) in [7, 11) is 0. The van der Waals surface area contributed by atoms with Gasteiger partial charge in [0.1, 0.15) is 0 Å². The molecule has 0 N–H and O–H groups in total. The molecule has 2 aromatic rings. The summed E-state index contributed by atoms with van der Waals surface area (Å²) in [5, 5.41) is 0. The van der Waals surface area contributed by atoms with E-state index in [1.807, 2.05) is 50.2 Å². The van der Waals surface area contributed by atoms with Gasteiger partial charge in [-0.1, -0.05) is 82.8 Å². The Balaban J connectivity index is 2.09. The average molecular weight is 377 g/mol. The molecule has 0 atom stereocenters. The van der Waals surface area contributed by atoms with Crippen molar-refractivity contribution in [1.82, 2.24) is 0 Å². The molecule has 0 unspecified atom stereocenters. The molecule has 0 aliphatic carbocycles. The normalized spacial score (nSPS) is 11.3. The summed E-state index contributed by atoms with van der Waals surface area (Å²) in [5.74, 6) is 0.395. The highest BCUT2D eigenvalue weighted by atomic mass is 16.1. The fourth-order valence-corrected chi connectivity index (χ4v) is 3.48. The van der Waals surface area contributed by atoms with Crippen LogP contribution in [0.5, 0.6) is 0 Å². The fourth-order valence-electron chi connectivity index (χ4n) is 3.48. The molecule has 0 saturated heterocycles. The van der Waals surface area contributed by atoms with Gasteiger partial charge >= 0.3 is 0 Å². The van der Waals surface area contributed by atoms with E-state index < -0.39 is 0 Å². The summed E-state index contributed by atoms with van der Waals surface area (Å²) in [4.78, 5) is 24.1. The molecule has 2 nitrogen and oxygen atoms in total. The van der Waals surface area contributed by atoms with Crippen molar-refractivity contribution in [2.75, 3.05) is 0 Å². The van der Waals surface area contributed by atoms with E-state index >= 15 is 0 Å². The van der Waals surface area contributed by atoms with Gasteiger partial charge in [0.25, 0.3) is 0 Å². The van der Waals surface area contributed by atoms with Gasteiger partial charge in [0.2, 0.25) is 0 Å². The van der Waals surface area contributed by atoms with Crippen LogP contribution in [0.3, 0.4) is 0 Å². The molecular formula is C26H32O2. The average Bonchev–Trinajstić information content (AvgIpc) is 2.68. The molecule has 2 rings (SSSR count). The Labute approximate surface area is 169 Å². The Bertz CT molecular complexity index is 824. The second kappa shape index (κ2) is 9.64. The molecule has 0 heterocycles. The number of Topliss-reactive ketones (excluding diaryl/α,β-unsaturated/α-hetero) is 2. The molecule has 0 aliphatic heterocycles. The first-order valence-electron chi connectivity index (χ1n) is 10.2. The minimum Gasteiger partial charge on any atom is -0.294 e. The maximum atomic E-state index is 12.0. The zero-order valence-corrected chi connectivity index (χ0v) is 17.7. The Morgan fingerprint density at radius 1 is 0.750 bits per heavy atom. The number of carbonyl (C=O) groups excluding carboxylic acids is 2. The second-order valence-electron chi connectivity index (χ2n) is 8.17. The smallest absolute Gasteiger partial charge is 0.162 e. The van der Waals surface area contributed by atoms with Gasteiger partial charge in [-0.05, 0) is 41.4 Å². The number of ketones is 2. The molecule has 148 valence electrons. The van der Waals surface area contributed by atoms with Crippen molar-refractivity contribution in [2.24, 2.45) is 0 Å². The minimum absolute atomic E-state index is 0.0971. The van der Waals surface area contributed by atoms with Gasteiger partial charge in [0.15, 0.2) is 11.6 Å². The Hall–Kier alpha value is -2.48. The monoisotopic (exact) mass is 376 g/mol. The predicted molar refractivity (Wildman–Crippen MR) is 118 cm³/mol. The molecule has 2 aromatic carbocycles. The topological polar surface area (TPSA) is 34.1 Å². The van der Waals surface area contributed by atoms with Crippen LogP contribution in [-0.4, -0.2) is 11.6 Å². The van der Waals surface area contributed by atoms with Gasteiger partial charge in [0.05, 0.1) is 0 Å². The lowest BCUT2D eigenvalue weighted by Gasteiger charge is -2.27. The van der Waals surface area contributed by atoms with Gasteiger partial charge in [-0.25, -0.2) is 0 Å². The van der Waals surface area contributed by atoms with Gasteiger partial charge in [0, 0.05) is 24.0 Å². The first kappa shape index (κ1) is 21.8. The molecule has 0 fully saturated rings. The largest absolute Gasteiger partial charge is 0.294 e. The molecular weight excluding hydrogens is 344 g/mol. The highest BCUT2D eigenvalue weighted by Gasteiger charge is 2.22. The summed E-state index contributed by atoms with van der Waals surface area (Å²) in [5.41, 5.74) is 4.76. The van der Waals surface area contributed by atoms with Crippen molar-refractivity contribution >= 4 is 17.1 Å². The quantitative estimate of drug-likeness (QED) is 0.417. The van der Waals surface area contributed by atoms with E-state index in [9.17, 15) is 9.59 Å². The minimum atomic E-state index is -0.0971. The molecule has 0 bridgehead atoms. The number of hydrogen-bond acceptors (Lipinski definition) is 2. The van der Waals surface area contributed by atoms with Crippen molar-refractivity contribution in [3.8, 4) is 0 Å². The molecule has 2 heteroatoms. The van der Waals surface area contributed by atoms with Crippen LogP contribution in [0.25, 0.3) is 5.57 Å². The van der Waals surface area contributed by atoms with Crippen molar-refractivity contribution in [2.45, 2.75) is 65.2 Å². The van der Waals surface area contributed by atoms with Crippen LogP contribution in [0.1, 0.15) is 91.6 Å². The second-order valence-corrected chi connectivity index (χ2v) is 8.17. The Kier molecular flexibility index (Phi) is 7.51. The van der Waals surface area contributed by atoms with Crippen LogP contribution < -0.4 is 0 Å². The van der Waals surface area contributed by atoms with Crippen LogP contribution in [0.15, 0.2) is 55.1 Å². The number of hydrogen-bond donors (Lipinski definition) is 0. The Morgan fingerprint density at radius 2 is 1.14 bits per heavy atom. The third-order valence-electron chi connectivity index (χ3n) is 5.21. The number of rotatable bonds is 10. The van der Waals surface area contributed by atoms with Gasteiger partial charge in [-0.3, -0.25) is 9.59 Å². The summed E-state index contributed by atoms with van der Waals surface area (Å²) in [6, 6.07) is 15.8. The summed E-state index contributed by atoms with van der Waals surface area (Å²) >= 11 is 0. The van der Waals surface area contributed by atoms with Crippen LogP contribution in [0.4, 0.5) is 0 Å². The molecule has 0 radical (unpaired) electrons. The summed E-state index contributed by atoms with van der Waals surface area (Å²) in [6.07, 6.45) is 3.72. The van der Waals surface area contributed by atoms with E-state index in [-0.39, 0.29) is 17.0 Å². The van der Waals surface area contributed by atoms with Crippen LogP contribution in [-0.2, 0) is 5.41 Å². The molecule has 0 spiro atoms. The van der Waals surface area contributed by atoms with Gasteiger partial charge < -0.3 is 0 Å². The number of carbonyl (C=O) groups is 2. The van der Waals surface area contributed by atoms with Crippen molar-refractivity contribution in [3.63, 3.8) is 0 Å². The van der Waals surface area contributed by atoms with Crippen LogP contribution >= 0.6 is 0 Å². The Morgan fingerprint density at radius 3 is 1.57 bits per heavy atom. The zero-order valence-electron chi connectivity index (χ0n) is 17.7. The predicted octanol–water partition coefficient (Wildman–Crippen LogP) is 7.03. The van der Waals surface area contributed by atoms with Gasteiger partial charge in [-0.2, -0.15) is 0 Å². The third kappa shape index (κ3) is 5.51. The lowest BCUT2D eigenvalue weighted by Crippen LogP contribution is -2.17. The lowest BCUT2D eigenvalue weighted by molar-refractivity contribution is 0.0973. The summed E-state index contributed by atoms with van der Waals surface area (Å²) < 4.78 is 0. The standard InChI is InChI=1S/C26H32O2/c1-6-8-24(27)21-12-10-20(11-13-21)19(3)18-26(4,5)23-16-14-22(15-17-23)25(28)9-7-2/h10-17H,3,6-9,18H2,1-2,4-5H3. The molecule has 0 aliphatic rings. The first-order chi connectivity index (χ1) is 13.3. The highest BCUT2D eigenvalue weighted by molar-refractivity contribution is 5.96. The molecule has 0 saturated carbocycles. The van der Waals surface area contributed by atoms with Crippen molar-refractivity contribution in [3.05, 3.63) is 77.4 Å². The van der Waals surface area contributed by atoms with E-state index in [1.165, 1.54) is 5.56 Å². The maximum absolute atomic E-state index is 12.0. The van der Waals surface area contributed by atoms with Crippen LogP contribution in [0.2, 0.25) is 0 Å². The zero-order chi connectivity index (χ0) is 20.7. The van der Waals surface area contributed by atoms with Crippen molar-refractivity contribution in [1.29, 1.82) is 0 Å². The third-order valence-corrected chi connectivity index (χ3v) is 5.21.